The summed E-state index contributed by atoms with van der Waals surface area (Å²) in [6.45, 7) is 0.586. The molecule has 0 unspecified atom stereocenters. The average molecular weight is 359 g/mol. The number of hydrogen-bond donors (Lipinski definition) is 1. The summed E-state index contributed by atoms with van der Waals surface area (Å²) in [6.07, 6.45) is 4.94. The molecule has 0 aromatic heterocycles. The van der Waals surface area contributed by atoms with E-state index < -0.39 is 10.0 Å². The summed E-state index contributed by atoms with van der Waals surface area (Å²) in [6, 6.07) is 11.2. The van der Waals surface area contributed by atoms with E-state index in [1.165, 1.54) is 17.5 Å². The highest BCUT2D eigenvalue weighted by molar-refractivity contribution is 7.89. The number of hydrogen-bond acceptors (Lipinski definition) is 4. The average Bonchev–Trinajstić information content (AvgIpc) is 3.09. The van der Waals surface area contributed by atoms with Crippen LogP contribution in [0, 0.1) is 0 Å². The zero-order chi connectivity index (χ0) is 17.3. The molecule has 25 heavy (non-hydrogen) atoms. The van der Waals surface area contributed by atoms with Gasteiger partial charge in [-0.05, 0) is 73.1 Å². The normalized spacial score (nSPS) is 15.8. The molecule has 6 heteroatoms. The van der Waals surface area contributed by atoms with Gasteiger partial charge in [-0.3, -0.25) is 0 Å². The largest absolute Gasteiger partial charge is 0.454 e. The van der Waals surface area contributed by atoms with E-state index in [4.69, 9.17) is 9.47 Å². The van der Waals surface area contributed by atoms with Gasteiger partial charge in [0.1, 0.15) is 0 Å². The Labute approximate surface area is 148 Å². The summed E-state index contributed by atoms with van der Waals surface area (Å²) >= 11 is 0. The first-order valence-corrected chi connectivity index (χ1v) is 10.1. The van der Waals surface area contributed by atoms with Crippen LogP contribution in [0.3, 0.4) is 0 Å². The number of sulfonamides is 1. The van der Waals surface area contributed by atoms with Crippen LogP contribution >= 0.6 is 0 Å². The van der Waals surface area contributed by atoms with Gasteiger partial charge < -0.3 is 9.47 Å². The molecule has 2 aliphatic rings. The van der Waals surface area contributed by atoms with Crippen molar-refractivity contribution in [2.45, 2.75) is 37.0 Å². The summed E-state index contributed by atoms with van der Waals surface area (Å²) in [4.78, 5) is 0.360. The number of nitrogens with one attached hydrogen (secondary N) is 1. The van der Waals surface area contributed by atoms with Crippen molar-refractivity contribution in [3.63, 3.8) is 0 Å². The highest BCUT2D eigenvalue weighted by atomic mass is 32.2. The molecule has 1 N–H and O–H groups in total. The molecule has 0 fully saturated rings. The van der Waals surface area contributed by atoms with Crippen molar-refractivity contribution in [3.05, 3.63) is 53.1 Å². The maximum absolute atomic E-state index is 12.5. The Bertz CT molecular complexity index is 892. The predicted octanol–water partition coefficient (Wildman–Crippen LogP) is 2.82. The highest BCUT2D eigenvalue weighted by Gasteiger charge is 2.18. The van der Waals surface area contributed by atoms with Crippen molar-refractivity contribution in [1.82, 2.24) is 4.72 Å². The van der Waals surface area contributed by atoms with Crippen LogP contribution in [0.15, 0.2) is 41.3 Å². The first-order valence-electron chi connectivity index (χ1n) is 8.62. The Morgan fingerprint density at radius 2 is 1.72 bits per heavy atom. The number of ether oxygens (including phenoxy) is 2. The lowest BCUT2D eigenvalue weighted by Crippen LogP contribution is -2.26. The molecule has 132 valence electrons. The van der Waals surface area contributed by atoms with Crippen LogP contribution < -0.4 is 14.2 Å². The molecule has 2 aromatic carbocycles. The molecule has 5 nitrogen and oxygen atoms in total. The lowest BCUT2D eigenvalue weighted by molar-refractivity contribution is 0.174. The second kappa shape index (κ2) is 6.69. The predicted molar refractivity (Wildman–Crippen MR) is 94.5 cm³/mol. The fourth-order valence-electron chi connectivity index (χ4n) is 3.39. The smallest absolute Gasteiger partial charge is 0.240 e. The monoisotopic (exact) mass is 359 g/mol. The topological polar surface area (TPSA) is 64.6 Å². The SMILES string of the molecule is O=S(=O)(NCCc1ccc2c(c1)OCO2)c1ccc2c(c1)CCCC2. The molecule has 1 aliphatic carbocycles. The Morgan fingerprint density at radius 3 is 2.60 bits per heavy atom. The van der Waals surface area contributed by atoms with E-state index in [1.54, 1.807) is 6.07 Å². The number of fused-ring (bicyclic) bond motifs is 2. The first kappa shape index (κ1) is 16.4. The second-order valence-electron chi connectivity index (χ2n) is 6.47. The fourth-order valence-corrected chi connectivity index (χ4v) is 4.47. The minimum atomic E-state index is -3.48. The van der Waals surface area contributed by atoms with Crippen molar-refractivity contribution in [2.24, 2.45) is 0 Å². The third-order valence-electron chi connectivity index (χ3n) is 4.77. The van der Waals surface area contributed by atoms with Gasteiger partial charge in [0.25, 0.3) is 0 Å². The van der Waals surface area contributed by atoms with Gasteiger partial charge in [-0.25, -0.2) is 13.1 Å². The van der Waals surface area contributed by atoms with Crippen LogP contribution in [0.4, 0.5) is 0 Å². The molecular formula is C19H21NO4S. The van der Waals surface area contributed by atoms with Gasteiger partial charge >= 0.3 is 0 Å². The minimum Gasteiger partial charge on any atom is -0.454 e. The zero-order valence-corrected chi connectivity index (χ0v) is 14.8. The van der Waals surface area contributed by atoms with E-state index >= 15 is 0 Å². The van der Waals surface area contributed by atoms with Gasteiger partial charge in [0.15, 0.2) is 11.5 Å². The van der Waals surface area contributed by atoms with Gasteiger partial charge in [-0.1, -0.05) is 12.1 Å². The van der Waals surface area contributed by atoms with Crippen molar-refractivity contribution in [1.29, 1.82) is 0 Å². The van der Waals surface area contributed by atoms with Crippen LogP contribution in [0.1, 0.15) is 29.5 Å². The first-order chi connectivity index (χ1) is 12.1. The maximum Gasteiger partial charge on any atom is 0.240 e. The van der Waals surface area contributed by atoms with Crippen LogP contribution in [-0.4, -0.2) is 21.8 Å². The fraction of sp³-hybridized carbons (Fsp3) is 0.368. The van der Waals surface area contributed by atoms with Crippen molar-refractivity contribution < 1.29 is 17.9 Å². The zero-order valence-electron chi connectivity index (χ0n) is 14.0. The number of rotatable bonds is 5. The molecule has 0 amide bonds. The molecule has 0 bridgehead atoms. The van der Waals surface area contributed by atoms with Crippen molar-refractivity contribution in [2.75, 3.05) is 13.3 Å². The van der Waals surface area contributed by atoms with Gasteiger partial charge in [-0.2, -0.15) is 0 Å². The quantitative estimate of drug-likeness (QED) is 0.892. The summed E-state index contributed by atoms with van der Waals surface area (Å²) < 4.78 is 38.4. The van der Waals surface area contributed by atoms with Crippen molar-refractivity contribution in [3.8, 4) is 11.5 Å². The lowest BCUT2D eigenvalue weighted by atomic mass is 9.92. The molecule has 0 saturated carbocycles. The van der Waals surface area contributed by atoms with Gasteiger partial charge in [-0.15, -0.1) is 0 Å². The van der Waals surface area contributed by atoms with Crippen LogP contribution in [0.2, 0.25) is 0 Å². The summed E-state index contributed by atoms with van der Waals surface area (Å²) in [5, 5.41) is 0. The molecule has 0 radical (unpaired) electrons. The van der Waals surface area contributed by atoms with E-state index in [-0.39, 0.29) is 6.79 Å². The van der Waals surface area contributed by atoms with E-state index in [0.717, 1.165) is 36.3 Å². The molecule has 0 atom stereocenters. The van der Waals surface area contributed by atoms with Gasteiger partial charge in [0.2, 0.25) is 16.8 Å². The Kier molecular flexibility index (Phi) is 4.39. The third-order valence-corrected chi connectivity index (χ3v) is 6.23. The van der Waals surface area contributed by atoms with Crippen molar-refractivity contribution >= 4 is 10.0 Å². The van der Waals surface area contributed by atoms with Crippen LogP contribution in [0.5, 0.6) is 11.5 Å². The van der Waals surface area contributed by atoms with Gasteiger partial charge in [0, 0.05) is 6.54 Å². The lowest BCUT2D eigenvalue weighted by Gasteiger charge is -2.16. The number of aryl methyl sites for hydroxylation is 2. The standard InChI is InChI=1S/C19H21NO4S/c21-25(22,17-7-6-15-3-1-2-4-16(15)12-17)20-10-9-14-5-8-18-19(11-14)24-13-23-18/h5-8,11-12,20H,1-4,9-10,13H2. The van der Waals surface area contributed by atoms with E-state index in [0.29, 0.717) is 17.9 Å². The molecule has 2 aromatic rings. The highest BCUT2D eigenvalue weighted by Crippen LogP contribution is 2.32. The molecular weight excluding hydrogens is 338 g/mol. The van der Waals surface area contributed by atoms with E-state index in [9.17, 15) is 8.42 Å². The summed E-state index contributed by atoms with van der Waals surface area (Å²) in [7, 11) is -3.48. The summed E-state index contributed by atoms with van der Waals surface area (Å²) in [5.41, 5.74) is 3.47. The molecule has 1 aliphatic heterocycles. The maximum atomic E-state index is 12.5. The molecule has 1 heterocycles. The molecule has 0 saturated heterocycles. The number of benzene rings is 2. The minimum absolute atomic E-state index is 0.240. The molecule has 0 spiro atoms. The Hall–Kier alpha value is -2.05. The van der Waals surface area contributed by atoms with E-state index in [1.807, 2.05) is 30.3 Å². The second-order valence-corrected chi connectivity index (χ2v) is 8.24. The van der Waals surface area contributed by atoms with Gasteiger partial charge in [0.05, 0.1) is 4.90 Å². The molecule has 4 rings (SSSR count). The third kappa shape index (κ3) is 3.50. The summed E-state index contributed by atoms with van der Waals surface area (Å²) in [5.74, 6) is 1.45. The van der Waals surface area contributed by atoms with Crippen LogP contribution in [-0.2, 0) is 29.3 Å². The Balaban J connectivity index is 1.41. The Morgan fingerprint density at radius 1 is 0.920 bits per heavy atom. The van der Waals surface area contributed by atoms with E-state index in [2.05, 4.69) is 4.72 Å². The van der Waals surface area contributed by atoms with Crippen LogP contribution in [0.25, 0.3) is 0 Å².